The SMILES string of the molecule is Nc1ccc(Nc2cc3c(cc2S(=O)(=O)[O-])nc2c4cccc(S(=O)(=O)[O-])c4c(Nc4ccccc4)cc2[n+]3-c2ccccc2)cc1.[Na+]. The largest absolute Gasteiger partial charge is 1.00 e. The summed E-state index contributed by atoms with van der Waals surface area (Å²) in [7, 11) is -9.95. The molecule has 7 aromatic rings. The van der Waals surface area contributed by atoms with E-state index < -0.39 is 30.0 Å². The predicted molar refractivity (Wildman–Crippen MR) is 178 cm³/mol. The van der Waals surface area contributed by atoms with Crippen LogP contribution in [-0.4, -0.2) is 30.9 Å². The topological polar surface area (TPSA) is 181 Å². The van der Waals surface area contributed by atoms with Crippen molar-refractivity contribution >= 4 is 81.5 Å². The van der Waals surface area contributed by atoms with E-state index in [0.717, 1.165) is 0 Å². The minimum Gasteiger partial charge on any atom is -0.744 e. The summed E-state index contributed by atoms with van der Waals surface area (Å²) in [6.07, 6.45) is 0. The molecule has 1 heterocycles. The molecule has 0 aliphatic rings. The molecule has 0 aliphatic heterocycles. The van der Waals surface area contributed by atoms with Crippen LogP contribution < -0.4 is 50.5 Å². The molecule has 4 N–H and O–H groups in total. The van der Waals surface area contributed by atoms with Gasteiger partial charge in [-0.15, -0.1) is 4.57 Å². The Balaban J connectivity index is 0.00000401. The van der Waals surface area contributed by atoms with Crippen molar-refractivity contribution in [3.05, 3.63) is 121 Å². The smallest absolute Gasteiger partial charge is 0.744 e. The number of rotatable bonds is 7. The summed E-state index contributed by atoms with van der Waals surface area (Å²) < 4.78 is 77.2. The third-order valence-electron chi connectivity index (χ3n) is 7.66. The van der Waals surface area contributed by atoms with E-state index in [1.807, 2.05) is 53.1 Å². The molecule has 7 rings (SSSR count). The van der Waals surface area contributed by atoms with Crippen LogP contribution >= 0.6 is 0 Å². The molecule has 0 saturated carbocycles. The number of hydrogen-bond donors (Lipinski definition) is 3. The van der Waals surface area contributed by atoms with E-state index in [-0.39, 0.29) is 51.7 Å². The fraction of sp³-hybridized carbons (Fsp3) is 0. The number of nitrogens with zero attached hydrogens (tertiary/aromatic N) is 2. The van der Waals surface area contributed by atoms with Crippen molar-refractivity contribution < 1.29 is 60.1 Å². The fourth-order valence-corrected chi connectivity index (χ4v) is 7.00. The van der Waals surface area contributed by atoms with Gasteiger partial charge in [-0.2, -0.15) is 0 Å². The van der Waals surface area contributed by atoms with E-state index in [1.54, 1.807) is 48.5 Å². The molecule has 0 saturated heterocycles. The molecule has 14 heteroatoms. The summed E-state index contributed by atoms with van der Waals surface area (Å²) in [5.74, 6) is 0. The van der Waals surface area contributed by atoms with Crippen LogP contribution in [0.15, 0.2) is 131 Å². The van der Waals surface area contributed by atoms with E-state index in [4.69, 9.17) is 10.7 Å². The molecule has 0 unspecified atom stereocenters. The van der Waals surface area contributed by atoms with Gasteiger partial charge in [-0.25, -0.2) is 21.8 Å². The van der Waals surface area contributed by atoms with Gasteiger partial charge in [0.05, 0.1) is 21.2 Å². The average molecular weight is 686 g/mol. The average Bonchev–Trinajstić information content (AvgIpc) is 3.04. The molecule has 48 heavy (non-hydrogen) atoms. The molecule has 0 bridgehead atoms. The van der Waals surface area contributed by atoms with Crippen molar-refractivity contribution in [2.75, 3.05) is 16.4 Å². The Morgan fingerprint density at radius 2 is 1.21 bits per heavy atom. The van der Waals surface area contributed by atoms with Crippen LogP contribution in [-0.2, 0) is 20.2 Å². The van der Waals surface area contributed by atoms with Gasteiger partial charge < -0.3 is 25.5 Å². The normalized spacial score (nSPS) is 11.8. The van der Waals surface area contributed by atoms with Crippen LogP contribution in [0.1, 0.15) is 0 Å². The third-order valence-corrected chi connectivity index (χ3v) is 9.42. The Hall–Kier alpha value is -4.60. The first-order valence-electron chi connectivity index (χ1n) is 14.2. The van der Waals surface area contributed by atoms with Gasteiger partial charge >= 0.3 is 29.6 Å². The fourth-order valence-electron chi connectivity index (χ4n) is 5.65. The zero-order chi connectivity index (χ0) is 32.9. The number of nitrogens with two attached hydrogens (primary N) is 1. The summed E-state index contributed by atoms with van der Waals surface area (Å²) in [6, 6.07) is 33.6. The predicted octanol–water partition coefficient (Wildman–Crippen LogP) is 2.70. The molecule has 0 fully saturated rings. The zero-order valence-electron chi connectivity index (χ0n) is 25.3. The minimum absolute atomic E-state index is 0. The third kappa shape index (κ3) is 6.32. The molecule has 1 aromatic heterocycles. The maximum atomic E-state index is 12.6. The van der Waals surface area contributed by atoms with E-state index in [1.165, 1.54) is 24.3 Å². The first-order valence-corrected chi connectivity index (χ1v) is 17.0. The summed E-state index contributed by atoms with van der Waals surface area (Å²) in [6.45, 7) is 0. The number of para-hydroxylation sites is 2. The molecule has 11 nitrogen and oxygen atoms in total. The molecule has 6 aromatic carbocycles. The Bertz CT molecular complexity index is 2570. The maximum Gasteiger partial charge on any atom is 1.00 e. The second kappa shape index (κ2) is 12.8. The van der Waals surface area contributed by atoms with Crippen LogP contribution in [0.5, 0.6) is 0 Å². The van der Waals surface area contributed by atoms with E-state index in [9.17, 15) is 25.9 Å². The molecular formula is C34H24N5NaO6S2. The van der Waals surface area contributed by atoms with Gasteiger partial charge in [0.15, 0.2) is 0 Å². The monoisotopic (exact) mass is 685 g/mol. The van der Waals surface area contributed by atoms with Crippen molar-refractivity contribution in [1.82, 2.24) is 4.98 Å². The minimum atomic E-state index is -5.01. The van der Waals surface area contributed by atoms with E-state index in [2.05, 4.69) is 10.6 Å². The van der Waals surface area contributed by atoms with Crippen LogP contribution in [0.25, 0.3) is 38.5 Å². The second-order valence-electron chi connectivity index (χ2n) is 10.7. The van der Waals surface area contributed by atoms with Gasteiger partial charge in [0, 0.05) is 52.1 Å². The first kappa shape index (κ1) is 33.3. The zero-order valence-corrected chi connectivity index (χ0v) is 28.9. The molecule has 0 radical (unpaired) electrons. The van der Waals surface area contributed by atoms with Crippen molar-refractivity contribution in [1.29, 1.82) is 0 Å². The number of aromatic nitrogens is 2. The molecular weight excluding hydrogens is 662 g/mol. The van der Waals surface area contributed by atoms with Crippen molar-refractivity contribution in [2.24, 2.45) is 0 Å². The number of benzene rings is 6. The number of fused-ring (bicyclic) bond motifs is 4. The Kier molecular flexibility index (Phi) is 8.87. The first-order chi connectivity index (χ1) is 22.5. The Labute approximate surface area is 297 Å². The standard InChI is InChI=1S/C34H25N5O6S2.Na/c35-21-14-16-23(17-15-21)36-27-18-29-26(20-32(27)47(43,44)45)38-34-25-12-7-13-31(46(40,41)42)33(25)28(37-22-8-3-1-4-9-22)19-30(34)39(29)24-10-5-2-6-11-24;/h1-20H,(H5,35,36,37,38,40,41,42,43,44,45);/q;+1/p-1. The molecule has 0 spiro atoms. The quantitative estimate of drug-likeness (QED) is 0.0564. The molecule has 0 aliphatic carbocycles. The van der Waals surface area contributed by atoms with Crippen molar-refractivity contribution in [3.63, 3.8) is 0 Å². The van der Waals surface area contributed by atoms with Crippen LogP contribution in [0, 0.1) is 0 Å². The van der Waals surface area contributed by atoms with Gasteiger partial charge in [-0.05, 0) is 48.5 Å². The second-order valence-corrected chi connectivity index (χ2v) is 13.4. The maximum absolute atomic E-state index is 12.6. The molecule has 0 amide bonds. The Morgan fingerprint density at radius 1 is 0.625 bits per heavy atom. The van der Waals surface area contributed by atoms with Crippen molar-refractivity contribution in [3.8, 4) is 5.69 Å². The number of hydrogen-bond acceptors (Lipinski definition) is 10. The van der Waals surface area contributed by atoms with Gasteiger partial charge in [0.2, 0.25) is 16.7 Å². The summed E-state index contributed by atoms with van der Waals surface area (Å²) in [4.78, 5) is 3.82. The molecule has 234 valence electrons. The number of nitrogens with one attached hydrogen (secondary N) is 2. The van der Waals surface area contributed by atoms with E-state index in [0.29, 0.717) is 44.9 Å². The summed E-state index contributed by atoms with van der Waals surface area (Å²) in [5.41, 5.74) is 9.84. The summed E-state index contributed by atoms with van der Waals surface area (Å²) in [5, 5.41) is 6.74. The number of anilines is 5. The summed E-state index contributed by atoms with van der Waals surface area (Å²) >= 11 is 0. The van der Waals surface area contributed by atoms with E-state index >= 15 is 0 Å². The van der Waals surface area contributed by atoms with Gasteiger partial charge in [0.25, 0.3) is 0 Å². The van der Waals surface area contributed by atoms with Crippen LogP contribution in [0.4, 0.5) is 28.4 Å². The van der Waals surface area contributed by atoms with Crippen LogP contribution in [0.3, 0.4) is 0 Å². The van der Waals surface area contributed by atoms with Crippen LogP contribution in [0.2, 0.25) is 0 Å². The van der Waals surface area contributed by atoms with Gasteiger partial charge in [0.1, 0.15) is 31.3 Å². The number of nitrogen functional groups attached to an aromatic ring is 1. The van der Waals surface area contributed by atoms with Crippen molar-refractivity contribution in [2.45, 2.75) is 9.79 Å². The molecule has 0 atom stereocenters. The van der Waals surface area contributed by atoms with Gasteiger partial charge in [-0.1, -0.05) is 48.5 Å². The van der Waals surface area contributed by atoms with Gasteiger partial charge in [-0.3, -0.25) is 0 Å². The Morgan fingerprint density at radius 3 is 1.85 bits per heavy atom.